The van der Waals surface area contributed by atoms with Crippen molar-refractivity contribution in [3.05, 3.63) is 65.2 Å². The average molecular weight is 431 g/mol. The van der Waals surface area contributed by atoms with E-state index in [1.54, 1.807) is 43.3 Å². The van der Waals surface area contributed by atoms with Gasteiger partial charge in [0, 0.05) is 18.7 Å². The van der Waals surface area contributed by atoms with E-state index in [0.717, 1.165) is 37.1 Å². The van der Waals surface area contributed by atoms with Crippen LogP contribution in [0.5, 0.6) is 0 Å². The van der Waals surface area contributed by atoms with Gasteiger partial charge in [-0.15, -0.1) is 0 Å². The summed E-state index contributed by atoms with van der Waals surface area (Å²) in [6, 6.07) is 13.0. The number of likely N-dealkylation sites (tertiary alicyclic amines) is 1. The highest BCUT2D eigenvalue weighted by Crippen LogP contribution is 2.16. The van der Waals surface area contributed by atoms with Gasteiger partial charge in [0.2, 0.25) is 0 Å². The third kappa shape index (κ3) is 5.46. The Bertz CT molecular complexity index is 995. The zero-order valence-corrected chi connectivity index (χ0v) is 17.9. The number of carbonyl (C=O) groups is 1. The molecule has 1 aliphatic rings. The van der Waals surface area contributed by atoms with Gasteiger partial charge >= 0.3 is 5.97 Å². The smallest absolute Gasteiger partial charge is 0.338 e. The van der Waals surface area contributed by atoms with E-state index in [-0.39, 0.29) is 11.5 Å². The molecule has 2 aromatic rings. The van der Waals surface area contributed by atoms with Crippen LogP contribution in [0.4, 0.5) is 0 Å². The van der Waals surface area contributed by atoms with Gasteiger partial charge in [-0.25, -0.2) is 4.79 Å². The molecule has 0 aliphatic carbocycles. The van der Waals surface area contributed by atoms with Crippen LogP contribution in [0.25, 0.3) is 0 Å². The van der Waals surface area contributed by atoms with Crippen LogP contribution in [-0.4, -0.2) is 50.9 Å². The molecule has 7 nitrogen and oxygen atoms in total. The van der Waals surface area contributed by atoms with E-state index < -0.39 is 22.2 Å². The molecule has 0 radical (unpaired) electrons. The van der Waals surface area contributed by atoms with Crippen LogP contribution >= 0.6 is 0 Å². The third-order valence-corrected chi connectivity index (χ3v) is 6.19. The molecule has 0 aromatic heterocycles. The second-order valence-corrected chi connectivity index (χ2v) is 9.00. The number of esters is 1. The zero-order valence-electron chi connectivity index (χ0n) is 17.1. The van der Waals surface area contributed by atoms with Gasteiger partial charge in [0.05, 0.1) is 10.5 Å². The topological polar surface area (TPSA) is 96.8 Å². The lowest BCUT2D eigenvalue weighted by atomic mass is 10.1. The molecule has 0 unspecified atom stereocenters. The van der Waals surface area contributed by atoms with Crippen LogP contribution < -0.4 is 0 Å². The van der Waals surface area contributed by atoms with Crippen molar-refractivity contribution in [2.45, 2.75) is 37.7 Å². The maximum absolute atomic E-state index is 12.3. The Labute approximate surface area is 177 Å². The van der Waals surface area contributed by atoms with Gasteiger partial charge in [-0.3, -0.25) is 9.59 Å². The summed E-state index contributed by atoms with van der Waals surface area (Å²) in [5, 5.41) is 8.25. The first-order chi connectivity index (χ1) is 14.3. The Hall–Kier alpha value is -2.71. The minimum Gasteiger partial charge on any atom is -0.457 e. The number of nitrogens with one attached hydrogen (secondary N) is 1. The molecule has 0 amide bonds. The first-order valence-corrected chi connectivity index (χ1v) is 11.3. The van der Waals surface area contributed by atoms with E-state index in [0.29, 0.717) is 11.4 Å². The zero-order chi connectivity index (χ0) is 21.7. The average Bonchev–Trinajstić information content (AvgIpc) is 3.27. The van der Waals surface area contributed by atoms with Gasteiger partial charge in [-0.05, 0) is 51.0 Å². The molecule has 1 fully saturated rings. The molecule has 2 aromatic carbocycles. The number of amidine groups is 1. The molecule has 1 aliphatic heterocycles. The third-order valence-electron chi connectivity index (χ3n) is 4.89. The molecule has 8 heteroatoms. The number of rotatable bonds is 7. The van der Waals surface area contributed by atoms with Gasteiger partial charge in [0.15, 0.2) is 0 Å². The molecule has 0 bridgehead atoms. The molecule has 160 valence electrons. The van der Waals surface area contributed by atoms with Crippen molar-refractivity contribution < 1.29 is 22.1 Å². The Balaban J connectivity index is 1.53. The minimum atomic E-state index is -3.92. The van der Waals surface area contributed by atoms with E-state index in [4.69, 9.17) is 14.3 Å². The molecule has 1 saturated heterocycles. The summed E-state index contributed by atoms with van der Waals surface area (Å²) in [4.78, 5) is 14.4. The Morgan fingerprint density at radius 1 is 1.03 bits per heavy atom. The van der Waals surface area contributed by atoms with Gasteiger partial charge in [0.1, 0.15) is 18.5 Å². The van der Waals surface area contributed by atoms with E-state index in [9.17, 15) is 13.2 Å². The number of ether oxygens (including phenoxy) is 1. The highest BCUT2D eigenvalue weighted by Gasteiger charge is 2.20. The van der Waals surface area contributed by atoms with Crippen LogP contribution in [-0.2, 0) is 19.0 Å². The number of aryl methyl sites for hydroxylation is 1. The fourth-order valence-electron chi connectivity index (χ4n) is 3.13. The number of hydrogen-bond acceptors (Lipinski definition) is 6. The molecule has 30 heavy (non-hydrogen) atoms. The largest absolute Gasteiger partial charge is 0.457 e. The van der Waals surface area contributed by atoms with E-state index in [1.165, 1.54) is 12.1 Å². The molecular formula is C22H26N2O5S. The predicted molar refractivity (Wildman–Crippen MR) is 113 cm³/mol. The molecule has 0 spiro atoms. The lowest BCUT2D eigenvalue weighted by Gasteiger charge is -2.18. The number of benzene rings is 2. The van der Waals surface area contributed by atoms with Crippen LogP contribution in [0.15, 0.2) is 53.4 Å². The van der Waals surface area contributed by atoms with Crippen molar-refractivity contribution >= 4 is 21.9 Å². The fraction of sp³-hybridized carbons (Fsp3) is 0.364. The van der Waals surface area contributed by atoms with Crippen LogP contribution in [0.3, 0.4) is 0 Å². The summed E-state index contributed by atoms with van der Waals surface area (Å²) in [6.07, 6.45) is 1.43. The Morgan fingerprint density at radius 2 is 1.60 bits per heavy atom. The quantitative estimate of drug-likeness (QED) is 0.313. The SMILES string of the molecule is Cc1ccc(S(=O)(=O)OC[C@@H](C)OC(=O)c2ccc(C(=N)N3CCCC3)cc2)cc1. The van der Waals surface area contributed by atoms with Gasteiger partial charge in [-0.2, -0.15) is 8.42 Å². The highest BCUT2D eigenvalue weighted by molar-refractivity contribution is 7.86. The Kier molecular flexibility index (Phi) is 6.89. The summed E-state index contributed by atoms with van der Waals surface area (Å²) < 4.78 is 34.8. The van der Waals surface area contributed by atoms with Crippen molar-refractivity contribution in [2.75, 3.05) is 19.7 Å². The molecule has 1 atom stereocenters. The second-order valence-electron chi connectivity index (χ2n) is 7.39. The van der Waals surface area contributed by atoms with Crippen LogP contribution in [0, 0.1) is 12.3 Å². The molecule has 1 N–H and O–H groups in total. The monoisotopic (exact) mass is 430 g/mol. The molecular weight excluding hydrogens is 404 g/mol. The first-order valence-electron chi connectivity index (χ1n) is 9.87. The van der Waals surface area contributed by atoms with Crippen LogP contribution in [0.1, 0.15) is 41.3 Å². The van der Waals surface area contributed by atoms with E-state index in [2.05, 4.69) is 0 Å². The van der Waals surface area contributed by atoms with Crippen molar-refractivity contribution in [3.63, 3.8) is 0 Å². The van der Waals surface area contributed by atoms with Crippen molar-refractivity contribution in [1.82, 2.24) is 4.90 Å². The summed E-state index contributed by atoms with van der Waals surface area (Å²) in [6.45, 7) is 4.91. The van der Waals surface area contributed by atoms with Gasteiger partial charge in [-0.1, -0.05) is 29.8 Å². The number of carbonyl (C=O) groups excluding carboxylic acids is 1. The van der Waals surface area contributed by atoms with Crippen LogP contribution in [0.2, 0.25) is 0 Å². The summed E-state index contributed by atoms with van der Waals surface area (Å²) in [7, 11) is -3.92. The standard InChI is InChI=1S/C22H26N2O5S/c1-16-5-11-20(12-6-16)30(26,27)28-15-17(2)29-22(25)19-9-7-18(8-10-19)21(23)24-13-3-4-14-24/h5-12,17,23H,3-4,13-15H2,1-2H3/t17-/m1/s1. The van der Waals surface area contributed by atoms with Gasteiger partial charge < -0.3 is 9.64 Å². The first kappa shape index (κ1) is 22.0. The van der Waals surface area contributed by atoms with Crippen molar-refractivity contribution in [3.8, 4) is 0 Å². The molecule has 0 saturated carbocycles. The number of hydrogen-bond donors (Lipinski definition) is 1. The van der Waals surface area contributed by atoms with Crippen molar-refractivity contribution in [1.29, 1.82) is 5.41 Å². The maximum Gasteiger partial charge on any atom is 0.338 e. The maximum atomic E-state index is 12.3. The Morgan fingerprint density at radius 3 is 2.20 bits per heavy atom. The lowest BCUT2D eigenvalue weighted by Crippen LogP contribution is -2.27. The van der Waals surface area contributed by atoms with E-state index >= 15 is 0 Å². The normalized spacial score (nSPS) is 15.1. The second kappa shape index (κ2) is 9.40. The van der Waals surface area contributed by atoms with E-state index in [1.807, 2.05) is 11.8 Å². The summed E-state index contributed by atoms with van der Waals surface area (Å²) in [5.41, 5.74) is 2.02. The summed E-state index contributed by atoms with van der Waals surface area (Å²) in [5.74, 6) is -0.117. The number of nitrogens with zero attached hydrogens (tertiary/aromatic N) is 1. The predicted octanol–water partition coefficient (Wildman–Crippen LogP) is 3.37. The fourth-order valence-corrected chi connectivity index (χ4v) is 4.11. The van der Waals surface area contributed by atoms with Gasteiger partial charge in [0.25, 0.3) is 10.1 Å². The molecule has 1 heterocycles. The molecule has 3 rings (SSSR count). The lowest BCUT2D eigenvalue weighted by molar-refractivity contribution is 0.0234. The summed E-state index contributed by atoms with van der Waals surface area (Å²) >= 11 is 0. The van der Waals surface area contributed by atoms with Crippen molar-refractivity contribution in [2.24, 2.45) is 0 Å². The highest BCUT2D eigenvalue weighted by atomic mass is 32.2. The minimum absolute atomic E-state index is 0.0580.